The normalized spacial score (nSPS) is 20.3. The molecule has 0 atom stereocenters. The molecule has 1 aromatic carbocycles. The predicted octanol–water partition coefficient (Wildman–Crippen LogP) is 2.00. The second-order valence-corrected chi connectivity index (χ2v) is 2.88. The number of hydrogen-bond donors (Lipinski definition) is 1. The fourth-order valence-electron chi connectivity index (χ4n) is 0.889. The summed E-state index contributed by atoms with van der Waals surface area (Å²) in [6, 6.07) is 3.80. The van der Waals surface area contributed by atoms with Crippen LogP contribution in [0.2, 0.25) is 0 Å². The van der Waals surface area contributed by atoms with E-state index >= 15 is 0 Å². The van der Waals surface area contributed by atoms with Crippen molar-refractivity contribution >= 4 is 22.6 Å². The zero-order valence-corrected chi connectivity index (χ0v) is 9.24. The molecule has 0 amide bonds. The third-order valence-electron chi connectivity index (χ3n) is 1.50. The first kappa shape index (κ1) is 5.03. The van der Waals surface area contributed by atoms with Crippen LogP contribution in [0.1, 0.15) is 15.2 Å². The van der Waals surface area contributed by atoms with E-state index in [4.69, 9.17) is 24.2 Å². The van der Waals surface area contributed by atoms with Crippen molar-refractivity contribution in [2.45, 2.75) is 6.61 Å². The largest absolute Gasteiger partial charge is 0.493 e. The van der Waals surface area contributed by atoms with Gasteiger partial charge in [0.1, 0.15) is 0 Å². The van der Waals surface area contributed by atoms with Gasteiger partial charge in [-0.25, -0.2) is 0 Å². The molecule has 0 aliphatic carbocycles. The minimum Gasteiger partial charge on any atom is -0.493 e. The fourth-order valence-corrected chi connectivity index (χ4v) is 0.999. The Balaban J connectivity index is 3.17. The van der Waals surface area contributed by atoms with Crippen LogP contribution in [0.5, 0.6) is 11.5 Å². The number of ether oxygens (including phenoxy) is 2. The summed E-state index contributed by atoms with van der Waals surface area (Å²) >= 11 is 1.24. The summed E-state index contributed by atoms with van der Waals surface area (Å²) in [6.45, 7) is -3.07. The maximum absolute atomic E-state index is 9.04. The molecule has 1 N–H and O–H groups in total. The van der Waals surface area contributed by atoms with Crippen LogP contribution in [0.3, 0.4) is 0 Å². The van der Waals surface area contributed by atoms with Gasteiger partial charge in [-0.2, -0.15) is 0 Å². The van der Waals surface area contributed by atoms with Crippen LogP contribution in [-0.2, 0) is 6.61 Å². The van der Waals surface area contributed by atoms with E-state index in [1.54, 1.807) is 0 Å². The van der Waals surface area contributed by atoms with Gasteiger partial charge >= 0.3 is 0 Å². The summed E-state index contributed by atoms with van der Waals surface area (Å²) in [6.07, 6.45) is 0. The predicted molar refractivity (Wildman–Crippen MR) is 63.3 cm³/mol. The second kappa shape index (κ2) is 6.08. The van der Waals surface area contributed by atoms with Crippen molar-refractivity contribution in [3.05, 3.63) is 23.8 Å². The summed E-state index contributed by atoms with van der Waals surface area (Å²) in [5, 5.41) is 9.04. The number of alkyl halides is 1. The van der Waals surface area contributed by atoms with Gasteiger partial charge in [-0.05, 0) is 17.7 Å². The molecule has 0 saturated carbocycles. The number of benzene rings is 1. The lowest BCUT2D eigenvalue weighted by atomic mass is 10.2. The molecular weight excluding hydrogens is 295 g/mol. The topological polar surface area (TPSA) is 38.7 Å². The van der Waals surface area contributed by atoms with Crippen molar-refractivity contribution < 1.29 is 24.2 Å². The van der Waals surface area contributed by atoms with E-state index in [-0.39, 0.29) is 18.1 Å². The Kier molecular flexibility index (Phi) is 2.18. The number of halogens is 1. The van der Waals surface area contributed by atoms with Crippen LogP contribution in [0, 0.1) is 0 Å². The average Bonchev–Trinajstić information content (AvgIpc) is 2.27. The standard InChI is InChI=1S/C10H13IO3/c1-13-10-6-8(7-12)2-3-9(10)14-5-4-11/h2-3,6,12H,4-5,7H2,1H3/i1D3,4D2,5D2. The first-order chi connectivity index (χ1) is 9.36. The van der Waals surface area contributed by atoms with Crippen LogP contribution in [0.4, 0.5) is 0 Å². The third kappa shape index (κ3) is 3.02. The summed E-state index contributed by atoms with van der Waals surface area (Å²) in [4.78, 5) is 0. The van der Waals surface area contributed by atoms with Crippen molar-refractivity contribution in [2.24, 2.45) is 0 Å². The molecule has 0 unspecified atom stereocenters. The first-order valence-electron chi connectivity index (χ1n) is 7.16. The van der Waals surface area contributed by atoms with Gasteiger partial charge in [-0.15, -0.1) is 0 Å². The molecule has 0 spiro atoms. The average molecular weight is 315 g/mol. The van der Waals surface area contributed by atoms with E-state index in [0.29, 0.717) is 5.56 Å². The molecule has 78 valence electrons. The third-order valence-corrected chi connectivity index (χ3v) is 1.72. The van der Waals surface area contributed by atoms with E-state index < -0.39 is 18.0 Å². The highest BCUT2D eigenvalue weighted by atomic mass is 127. The maximum atomic E-state index is 9.04. The maximum Gasteiger partial charge on any atom is 0.161 e. The zero-order chi connectivity index (χ0) is 16.5. The van der Waals surface area contributed by atoms with E-state index in [0.717, 1.165) is 0 Å². The Morgan fingerprint density at radius 3 is 3.07 bits per heavy atom. The number of aliphatic hydroxyl groups is 1. The number of methoxy groups -OCH3 is 1. The minimum absolute atomic E-state index is 0.270. The molecular formula is C10H13IO3. The molecule has 1 rings (SSSR count). The number of aliphatic hydroxyl groups excluding tert-OH is 1. The Morgan fingerprint density at radius 1 is 1.57 bits per heavy atom. The van der Waals surface area contributed by atoms with Crippen molar-refractivity contribution in [1.82, 2.24) is 0 Å². The Morgan fingerprint density at radius 2 is 2.43 bits per heavy atom. The summed E-state index contributed by atoms with van der Waals surface area (Å²) in [7, 11) is -2.79. The lowest BCUT2D eigenvalue weighted by molar-refractivity contribution is 0.279. The Hall–Kier alpha value is -0.490. The first-order valence-corrected chi connectivity index (χ1v) is 4.74. The van der Waals surface area contributed by atoms with Crippen molar-refractivity contribution in [3.8, 4) is 11.5 Å². The van der Waals surface area contributed by atoms with Crippen molar-refractivity contribution in [2.75, 3.05) is 18.0 Å². The molecule has 0 aromatic heterocycles. The van der Waals surface area contributed by atoms with Crippen LogP contribution in [0.15, 0.2) is 18.2 Å². The quantitative estimate of drug-likeness (QED) is 0.667. The van der Waals surface area contributed by atoms with Crippen LogP contribution < -0.4 is 9.47 Å². The van der Waals surface area contributed by atoms with Crippen LogP contribution in [0.25, 0.3) is 0 Å². The monoisotopic (exact) mass is 315 g/mol. The van der Waals surface area contributed by atoms with E-state index in [1.807, 2.05) is 0 Å². The van der Waals surface area contributed by atoms with Gasteiger partial charge < -0.3 is 14.6 Å². The highest BCUT2D eigenvalue weighted by Crippen LogP contribution is 2.27. The van der Waals surface area contributed by atoms with Crippen LogP contribution in [-0.4, -0.2) is 23.1 Å². The van der Waals surface area contributed by atoms with E-state index in [1.165, 1.54) is 40.8 Å². The Labute approximate surface area is 107 Å². The summed E-state index contributed by atoms with van der Waals surface area (Å²) in [5.74, 6) is -0.569. The minimum atomic E-state index is -2.79. The molecule has 0 heterocycles. The van der Waals surface area contributed by atoms with Crippen molar-refractivity contribution in [3.63, 3.8) is 0 Å². The van der Waals surface area contributed by atoms with Gasteiger partial charge in [0.2, 0.25) is 0 Å². The number of rotatable bonds is 5. The molecule has 0 fully saturated rings. The molecule has 0 bridgehead atoms. The molecule has 0 radical (unpaired) electrons. The highest BCUT2D eigenvalue weighted by Gasteiger charge is 2.04. The van der Waals surface area contributed by atoms with Gasteiger partial charge in [0.05, 0.1) is 27.1 Å². The molecule has 0 aliphatic heterocycles. The Bertz CT molecular complexity index is 498. The van der Waals surface area contributed by atoms with E-state index in [9.17, 15) is 0 Å². The van der Waals surface area contributed by atoms with E-state index in [2.05, 4.69) is 0 Å². The zero-order valence-electron chi connectivity index (χ0n) is 14.1. The smallest absolute Gasteiger partial charge is 0.161 e. The summed E-state index contributed by atoms with van der Waals surface area (Å²) in [5.41, 5.74) is 0.347. The highest BCUT2D eigenvalue weighted by molar-refractivity contribution is 14.1. The van der Waals surface area contributed by atoms with Crippen LogP contribution >= 0.6 is 22.6 Å². The lowest BCUT2D eigenvalue weighted by Gasteiger charge is -2.10. The molecule has 0 aliphatic rings. The SMILES string of the molecule is [2H]C([2H])([2H])Oc1cc(CO)ccc1OC([2H])([2H])C([2H])([2H])I. The second-order valence-electron chi connectivity index (χ2n) is 2.34. The lowest BCUT2D eigenvalue weighted by Crippen LogP contribution is -2.00. The van der Waals surface area contributed by atoms with Gasteiger partial charge in [0, 0.05) is 7.12 Å². The number of hydrogen-bond acceptors (Lipinski definition) is 3. The van der Waals surface area contributed by atoms with Gasteiger partial charge in [0.25, 0.3) is 0 Å². The van der Waals surface area contributed by atoms with Gasteiger partial charge in [0.15, 0.2) is 11.5 Å². The molecule has 3 nitrogen and oxygen atoms in total. The molecule has 4 heteroatoms. The molecule has 1 aromatic rings. The van der Waals surface area contributed by atoms with Gasteiger partial charge in [-0.1, -0.05) is 28.7 Å². The van der Waals surface area contributed by atoms with Crippen molar-refractivity contribution in [1.29, 1.82) is 0 Å². The molecule has 14 heavy (non-hydrogen) atoms. The molecule has 0 saturated heterocycles. The van der Waals surface area contributed by atoms with Gasteiger partial charge in [-0.3, -0.25) is 0 Å². The fraction of sp³-hybridized carbons (Fsp3) is 0.400. The summed E-state index contributed by atoms with van der Waals surface area (Å²) < 4.78 is 58.4.